The van der Waals surface area contributed by atoms with Crippen molar-refractivity contribution in [1.29, 1.82) is 0 Å². The van der Waals surface area contributed by atoms with E-state index in [1.54, 1.807) is 12.7 Å². The minimum Gasteiger partial charge on any atom is -0.369 e. The molecule has 0 spiro atoms. The van der Waals surface area contributed by atoms with Gasteiger partial charge in [0, 0.05) is 60.9 Å². The number of unbranched alkanes of at least 4 members (excludes halogenated alkanes) is 1. The van der Waals surface area contributed by atoms with Crippen molar-refractivity contribution in [1.82, 2.24) is 19.9 Å². The van der Waals surface area contributed by atoms with Gasteiger partial charge in [0.1, 0.15) is 24.3 Å². The first-order valence-electron chi connectivity index (χ1n) is 14.0. The molecule has 0 saturated carbocycles. The summed E-state index contributed by atoms with van der Waals surface area (Å²) in [6.07, 6.45) is 6.74. The molecule has 2 aromatic carbocycles. The predicted octanol–water partition coefficient (Wildman–Crippen LogP) is 5.96. The molecule has 1 atom stereocenters. The average Bonchev–Trinajstić information content (AvgIpc) is 2.92. The maximum Gasteiger partial charge on any atom is 0.137 e. The summed E-state index contributed by atoms with van der Waals surface area (Å²) in [6, 6.07) is 13.5. The monoisotopic (exact) mass is 512 g/mol. The van der Waals surface area contributed by atoms with Crippen molar-refractivity contribution in [2.24, 2.45) is 5.92 Å². The summed E-state index contributed by atoms with van der Waals surface area (Å²) >= 11 is 0. The Morgan fingerprint density at radius 2 is 1.47 bits per heavy atom. The number of fused-ring (bicyclic) bond motifs is 2. The summed E-state index contributed by atoms with van der Waals surface area (Å²) in [4.78, 5) is 23.1. The molecule has 2 N–H and O–H groups in total. The number of aromatic nitrogens is 4. The summed E-state index contributed by atoms with van der Waals surface area (Å²) < 4.78 is 0. The largest absolute Gasteiger partial charge is 0.369 e. The second-order valence-corrected chi connectivity index (χ2v) is 10.7. The summed E-state index contributed by atoms with van der Waals surface area (Å²) in [6.45, 7) is 13.7. The van der Waals surface area contributed by atoms with Crippen molar-refractivity contribution in [3.63, 3.8) is 0 Å². The van der Waals surface area contributed by atoms with Crippen LogP contribution >= 0.6 is 0 Å². The first-order valence-corrected chi connectivity index (χ1v) is 14.0. The first-order chi connectivity index (χ1) is 18.5. The van der Waals surface area contributed by atoms with Gasteiger partial charge in [-0.05, 0) is 62.1 Å². The SMILES string of the molecule is CCCCNc1ncnc2cc(N3CCN(c4ccc5c(NCCC(C)C)ncnc5c4)C(C)C3)ccc12. The van der Waals surface area contributed by atoms with Gasteiger partial charge in [-0.3, -0.25) is 0 Å². The second kappa shape index (κ2) is 11.8. The van der Waals surface area contributed by atoms with E-state index in [2.05, 4.69) is 104 Å². The lowest BCUT2D eigenvalue weighted by Crippen LogP contribution is -2.52. The van der Waals surface area contributed by atoms with E-state index in [0.29, 0.717) is 12.0 Å². The first kappa shape index (κ1) is 25.9. The third-order valence-corrected chi connectivity index (χ3v) is 7.40. The summed E-state index contributed by atoms with van der Waals surface area (Å²) in [5.41, 5.74) is 4.39. The van der Waals surface area contributed by atoms with Crippen LogP contribution in [0.15, 0.2) is 49.1 Å². The number of piperazine rings is 1. The van der Waals surface area contributed by atoms with E-state index >= 15 is 0 Å². The van der Waals surface area contributed by atoms with Gasteiger partial charge in [-0.1, -0.05) is 27.2 Å². The van der Waals surface area contributed by atoms with E-state index in [9.17, 15) is 0 Å². The van der Waals surface area contributed by atoms with Crippen LogP contribution < -0.4 is 20.4 Å². The fraction of sp³-hybridized carbons (Fsp3) is 0.467. The maximum atomic E-state index is 4.58. The Balaban J connectivity index is 1.28. The third-order valence-electron chi connectivity index (χ3n) is 7.40. The van der Waals surface area contributed by atoms with Crippen LogP contribution in [0.2, 0.25) is 0 Å². The normalized spacial score (nSPS) is 16.0. The van der Waals surface area contributed by atoms with E-state index in [1.807, 2.05) is 0 Å². The standard InChI is InChI=1S/C30H40N8/c1-5-6-12-31-29-25-9-7-23(16-27(25)33-19-35-29)37-14-15-38(22(4)18-37)24-8-10-26-28(17-24)34-20-36-30(26)32-13-11-21(2)3/h7-10,16-17,19-22H,5-6,11-15,18H2,1-4H3,(H,31,33,35)(H,32,34,36). The minimum atomic E-state index is 0.360. The van der Waals surface area contributed by atoms with Crippen LogP contribution in [0.4, 0.5) is 23.0 Å². The Kier molecular flexibility index (Phi) is 8.05. The molecule has 8 heteroatoms. The Morgan fingerprint density at radius 3 is 2.11 bits per heavy atom. The molecule has 5 rings (SSSR count). The Hall–Kier alpha value is -3.68. The summed E-state index contributed by atoms with van der Waals surface area (Å²) in [5, 5.41) is 9.12. The van der Waals surface area contributed by atoms with Crippen molar-refractivity contribution in [2.75, 3.05) is 53.2 Å². The van der Waals surface area contributed by atoms with Crippen molar-refractivity contribution >= 4 is 44.8 Å². The molecule has 8 nitrogen and oxygen atoms in total. The number of nitrogens with zero attached hydrogens (tertiary/aromatic N) is 6. The number of anilines is 4. The molecular weight excluding hydrogens is 472 g/mol. The highest BCUT2D eigenvalue weighted by atomic mass is 15.3. The molecular formula is C30H40N8. The fourth-order valence-corrected chi connectivity index (χ4v) is 5.19. The topological polar surface area (TPSA) is 82.1 Å². The zero-order valence-electron chi connectivity index (χ0n) is 23.1. The molecule has 2 aromatic heterocycles. The predicted molar refractivity (Wildman–Crippen MR) is 159 cm³/mol. The molecule has 4 aromatic rings. The second-order valence-electron chi connectivity index (χ2n) is 10.7. The van der Waals surface area contributed by atoms with Crippen LogP contribution in [-0.2, 0) is 0 Å². The van der Waals surface area contributed by atoms with Gasteiger partial charge < -0.3 is 20.4 Å². The van der Waals surface area contributed by atoms with Crippen LogP contribution in [0.1, 0.15) is 47.0 Å². The molecule has 1 unspecified atom stereocenters. The van der Waals surface area contributed by atoms with Crippen LogP contribution in [0, 0.1) is 5.92 Å². The van der Waals surface area contributed by atoms with Crippen molar-refractivity contribution in [2.45, 2.75) is 53.0 Å². The third kappa shape index (κ3) is 5.74. The van der Waals surface area contributed by atoms with Crippen molar-refractivity contribution in [3.8, 4) is 0 Å². The van der Waals surface area contributed by atoms with Gasteiger partial charge in [0.25, 0.3) is 0 Å². The molecule has 0 radical (unpaired) electrons. The molecule has 3 heterocycles. The van der Waals surface area contributed by atoms with E-state index < -0.39 is 0 Å². The van der Waals surface area contributed by atoms with Crippen LogP contribution in [0.3, 0.4) is 0 Å². The van der Waals surface area contributed by atoms with Crippen molar-refractivity contribution in [3.05, 3.63) is 49.1 Å². The molecule has 0 bridgehead atoms. The molecule has 200 valence electrons. The fourth-order valence-electron chi connectivity index (χ4n) is 5.19. The lowest BCUT2D eigenvalue weighted by Gasteiger charge is -2.42. The molecule has 1 saturated heterocycles. The zero-order valence-corrected chi connectivity index (χ0v) is 23.1. The number of rotatable bonds is 10. The highest BCUT2D eigenvalue weighted by Gasteiger charge is 2.25. The van der Waals surface area contributed by atoms with Gasteiger partial charge in [-0.2, -0.15) is 0 Å². The smallest absolute Gasteiger partial charge is 0.137 e. The van der Waals surface area contributed by atoms with Gasteiger partial charge in [0.05, 0.1) is 11.0 Å². The van der Waals surface area contributed by atoms with Crippen LogP contribution in [0.25, 0.3) is 21.8 Å². The molecule has 38 heavy (non-hydrogen) atoms. The minimum absolute atomic E-state index is 0.360. The number of benzene rings is 2. The highest BCUT2D eigenvalue weighted by molar-refractivity contribution is 5.92. The summed E-state index contributed by atoms with van der Waals surface area (Å²) in [7, 11) is 0. The molecule has 0 amide bonds. The van der Waals surface area contributed by atoms with E-state index in [-0.39, 0.29) is 0 Å². The number of hydrogen-bond donors (Lipinski definition) is 2. The van der Waals surface area contributed by atoms with E-state index in [4.69, 9.17) is 0 Å². The maximum absolute atomic E-state index is 4.58. The summed E-state index contributed by atoms with van der Waals surface area (Å²) in [5.74, 6) is 2.51. The average molecular weight is 513 g/mol. The number of hydrogen-bond acceptors (Lipinski definition) is 8. The molecule has 1 fully saturated rings. The Labute approximate surface area is 225 Å². The number of nitrogens with one attached hydrogen (secondary N) is 2. The van der Waals surface area contributed by atoms with Gasteiger partial charge >= 0.3 is 0 Å². The highest BCUT2D eigenvalue weighted by Crippen LogP contribution is 2.30. The molecule has 1 aliphatic heterocycles. The molecule has 0 aliphatic carbocycles. The lowest BCUT2D eigenvalue weighted by atomic mass is 10.1. The quantitative estimate of drug-likeness (QED) is 0.252. The van der Waals surface area contributed by atoms with Gasteiger partial charge in [-0.15, -0.1) is 0 Å². The van der Waals surface area contributed by atoms with Crippen LogP contribution in [-0.4, -0.2) is 58.7 Å². The van der Waals surface area contributed by atoms with E-state index in [0.717, 1.165) is 85.4 Å². The van der Waals surface area contributed by atoms with Gasteiger partial charge in [0.2, 0.25) is 0 Å². The Bertz CT molecular complexity index is 1370. The Morgan fingerprint density at radius 1 is 0.842 bits per heavy atom. The zero-order chi connectivity index (χ0) is 26.5. The lowest BCUT2D eigenvalue weighted by molar-refractivity contribution is 0.551. The van der Waals surface area contributed by atoms with Crippen LogP contribution in [0.5, 0.6) is 0 Å². The van der Waals surface area contributed by atoms with Gasteiger partial charge in [0.15, 0.2) is 0 Å². The van der Waals surface area contributed by atoms with E-state index in [1.165, 1.54) is 11.4 Å². The molecule has 1 aliphatic rings. The van der Waals surface area contributed by atoms with Gasteiger partial charge in [-0.25, -0.2) is 19.9 Å². The van der Waals surface area contributed by atoms with Crippen molar-refractivity contribution < 1.29 is 0 Å².